The number of carboxylic acids is 1. The van der Waals surface area contributed by atoms with E-state index in [-0.39, 0.29) is 0 Å². The van der Waals surface area contributed by atoms with E-state index in [1.54, 1.807) is 0 Å². The van der Waals surface area contributed by atoms with Crippen LogP contribution in [0.25, 0.3) is 0 Å². The first-order valence-electron chi connectivity index (χ1n) is 3.72. The lowest BCUT2D eigenvalue weighted by molar-refractivity contribution is -0.133. The molecule has 0 aliphatic heterocycles. The van der Waals surface area contributed by atoms with Gasteiger partial charge in [-0.1, -0.05) is 6.08 Å². The van der Waals surface area contributed by atoms with E-state index in [2.05, 4.69) is 0 Å². The van der Waals surface area contributed by atoms with Crippen molar-refractivity contribution in [2.24, 2.45) is 11.8 Å². The van der Waals surface area contributed by atoms with Crippen LogP contribution in [0.2, 0.25) is 0 Å². The lowest BCUT2D eigenvalue weighted by atomic mass is 9.99. The molecule has 0 unspecified atom stereocenters. The molecule has 10 heavy (non-hydrogen) atoms. The van der Waals surface area contributed by atoms with E-state index in [0.717, 1.165) is 12.8 Å². The highest BCUT2D eigenvalue weighted by molar-refractivity contribution is 5.88. The summed E-state index contributed by atoms with van der Waals surface area (Å²) in [6.45, 7) is 0. The molecule has 0 radical (unpaired) electrons. The van der Waals surface area contributed by atoms with Crippen molar-refractivity contribution >= 4 is 5.97 Å². The summed E-state index contributed by atoms with van der Waals surface area (Å²) >= 11 is 0. The van der Waals surface area contributed by atoms with Gasteiger partial charge in [0.05, 0.1) is 0 Å². The van der Waals surface area contributed by atoms with Gasteiger partial charge in [-0.25, -0.2) is 4.79 Å². The molecule has 2 bridgehead atoms. The number of rotatable bonds is 1. The third-order valence-corrected chi connectivity index (χ3v) is 2.58. The van der Waals surface area contributed by atoms with E-state index in [4.69, 9.17) is 5.11 Å². The van der Waals surface area contributed by atoms with Crippen molar-refractivity contribution < 1.29 is 9.90 Å². The molecule has 1 saturated carbocycles. The Bertz CT molecular complexity index is 205. The van der Waals surface area contributed by atoms with Crippen LogP contribution in [0.3, 0.4) is 0 Å². The number of hydrogen-bond acceptors (Lipinski definition) is 1. The Morgan fingerprint density at radius 2 is 2.40 bits per heavy atom. The monoisotopic (exact) mass is 138 g/mol. The lowest BCUT2D eigenvalue weighted by Crippen LogP contribution is -2.07. The van der Waals surface area contributed by atoms with Crippen molar-refractivity contribution in [3.05, 3.63) is 11.6 Å². The number of hydrogen-bond donors (Lipinski definition) is 1. The zero-order valence-electron chi connectivity index (χ0n) is 5.71. The summed E-state index contributed by atoms with van der Waals surface area (Å²) in [5, 5.41) is 8.67. The molecule has 2 aliphatic carbocycles. The molecule has 2 atom stereocenters. The van der Waals surface area contributed by atoms with Crippen molar-refractivity contribution in [1.29, 1.82) is 0 Å². The molecule has 2 nitrogen and oxygen atoms in total. The maximum atomic E-state index is 10.5. The van der Waals surface area contributed by atoms with Gasteiger partial charge in [0.15, 0.2) is 0 Å². The molecule has 0 heterocycles. The molecule has 0 aromatic heterocycles. The molecule has 0 amide bonds. The minimum absolute atomic E-state index is 0.391. The molecule has 2 rings (SSSR count). The molecular weight excluding hydrogens is 128 g/mol. The second-order valence-corrected chi connectivity index (χ2v) is 3.20. The number of allylic oxidation sites excluding steroid dienone is 1. The SMILES string of the molecule is O=C(O)C1=C[C@H]2CC[C@@H]1C2. The largest absolute Gasteiger partial charge is 0.478 e. The highest BCUT2D eigenvalue weighted by Gasteiger charge is 2.35. The molecule has 0 aromatic rings. The van der Waals surface area contributed by atoms with E-state index < -0.39 is 5.97 Å². The van der Waals surface area contributed by atoms with E-state index in [1.165, 1.54) is 6.42 Å². The zero-order valence-corrected chi connectivity index (χ0v) is 5.71. The average molecular weight is 138 g/mol. The first kappa shape index (κ1) is 5.96. The summed E-state index contributed by atoms with van der Waals surface area (Å²) in [6.07, 6.45) is 5.35. The van der Waals surface area contributed by atoms with Gasteiger partial charge in [0, 0.05) is 5.57 Å². The average Bonchev–Trinajstić information content (AvgIpc) is 2.44. The molecule has 54 valence electrons. The Labute approximate surface area is 59.5 Å². The zero-order chi connectivity index (χ0) is 7.14. The van der Waals surface area contributed by atoms with Crippen LogP contribution in [-0.2, 0) is 4.79 Å². The van der Waals surface area contributed by atoms with Gasteiger partial charge >= 0.3 is 5.97 Å². The fourth-order valence-electron chi connectivity index (χ4n) is 2.09. The van der Waals surface area contributed by atoms with Gasteiger partial charge in [-0.3, -0.25) is 0 Å². The van der Waals surface area contributed by atoms with Crippen molar-refractivity contribution in [2.45, 2.75) is 19.3 Å². The maximum Gasteiger partial charge on any atom is 0.331 e. The maximum absolute atomic E-state index is 10.5. The van der Waals surface area contributed by atoms with Crippen LogP contribution < -0.4 is 0 Å². The predicted octanol–water partition coefficient (Wildman–Crippen LogP) is 1.43. The molecule has 1 fully saturated rings. The van der Waals surface area contributed by atoms with Crippen molar-refractivity contribution in [3.8, 4) is 0 Å². The predicted molar refractivity (Wildman–Crippen MR) is 36.5 cm³/mol. The Morgan fingerprint density at radius 1 is 1.60 bits per heavy atom. The van der Waals surface area contributed by atoms with Gasteiger partial charge in [-0.15, -0.1) is 0 Å². The van der Waals surface area contributed by atoms with Gasteiger partial charge < -0.3 is 5.11 Å². The van der Waals surface area contributed by atoms with Crippen molar-refractivity contribution in [3.63, 3.8) is 0 Å². The number of fused-ring (bicyclic) bond motifs is 2. The highest BCUT2D eigenvalue weighted by atomic mass is 16.4. The summed E-state index contributed by atoms with van der Waals surface area (Å²) in [5.41, 5.74) is 0.677. The van der Waals surface area contributed by atoms with Crippen LogP contribution in [-0.4, -0.2) is 11.1 Å². The Balaban J connectivity index is 2.25. The van der Waals surface area contributed by atoms with Gasteiger partial charge in [0.2, 0.25) is 0 Å². The quantitative estimate of drug-likeness (QED) is 0.595. The summed E-state index contributed by atoms with van der Waals surface area (Å²) in [4.78, 5) is 10.5. The molecule has 2 aliphatic rings. The summed E-state index contributed by atoms with van der Waals surface area (Å²) < 4.78 is 0. The second-order valence-electron chi connectivity index (χ2n) is 3.20. The fourth-order valence-corrected chi connectivity index (χ4v) is 2.09. The standard InChI is InChI=1S/C8H10O2/c9-8(10)7-4-5-1-2-6(7)3-5/h4-6H,1-3H2,(H,9,10)/t5-,6+/m0/s1. The first-order chi connectivity index (χ1) is 4.77. The van der Waals surface area contributed by atoms with E-state index >= 15 is 0 Å². The Kier molecular flexibility index (Phi) is 1.10. The normalized spacial score (nSPS) is 36.2. The highest BCUT2D eigenvalue weighted by Crippen LogP contribution is 2.43. The minimum atomic E-state index is -0.702. The Hall–Kier alpha value is -0.790. The number of aliphatic carboxylic acids is 1. The van der Waals surface area contributed by atoms with Crippen LogP contribution in [0.4, 0.5) is 0 Å². The molecule has 0 aromatic carbocycles. The van der Waals surface area contributed by atoms with Crippen molar-refractivity contribution in [2.75, 3.05) is 0 Å². The van der Waals surface area contributed by atoms with E-state index in [1.807, 2.05) is 6.08 Å². The van der Waals surface area contributed by atoms with Gasteiger partial charge in [-0.2, -0.15) is 0 Å². The smallest absolute Gasteiger partial charge is 0.331 e. The van der Waals surface area contributed by atoms with Gasteiger partial charge in [0.1, 0.15) is 0 Å². The molecule has 2 heteroatoms. The fraction of sp³-hybridized carbons (Fsp3) is 0.625. The van der Waals surface area contributed by atoms with Crippen LogP contribution in [0, 0.1) is 11.8 Å². The molecular formula is C8H10O2. The minimum Gasteiger partial charge on any atom is -0.478 e. The van der Waals surface area contributed by atoms with Crippen LogP contribution in [0.15, 0.2) is 11.6 Å². The lowest BCUT2D eigenvalue weighted by Gasteiger charge is -2.06. The van der Waals surface area contributed by atoms with Crippen LogP contribution in [0.5, 0.6) is 0 Å². The van der Waals surface area contributed by atoms with Crippen LogP contribution >= 0.6 is 0 Å². The van der Waals surface area contributed by atoms with Crippen LogP contribution in [0.1, 0.15) is 19.3 Å². The first-order valence-corrected chi connectivity index (χ1v) is 3.72. The topological polar surface area (TPSA) is 37.3 Å². The third-order valence-electron chi connectivity index (χ3n) is 2.58. The molecule has 1 N–H and O–H groups in total. The second kappa shape index (κ2) is 1.84. The number of carboxylic acid groups (broad SMARTS) is 1. The summed E-state index contributed by atoms with van der Waals surface area (Å²) in [7, 11) is 0. The van der Waals surface area contributed by atoms with E-state index in [9.17, 15) is 4.79 Å². The Morgan fingerprint density at radius 3 is 2.70 bits per heavy atom. The number of carbonyl (C=O) groups is 1. The van der Waals surface area contributed by atoms with Crippen molar-refractivity contribution in [1.82, 2.24) is 0 Å². The summed E-state index contributed by atoms with van der Waals surface area (Å²) in [6, 6.07) is 0. The summed E-state index contributed by atoms with van der Waals surface area (Å²) in [5.74, 6) is 0.283. The third kappa shape index (κ3) is 0.681. The molecule has 0 saturated heterocycles. The van der Waals surface area contributed by atoms with Gasteiger partial charge in [0.25, 0.3) is 0 Å². The van der Waals surface area contributed by atoms with E-state index in [0.29, 0.717) is 17.4 Å². The van der Waals surface area contributed by atoms with Gasteiger partial charge in [-0.05, 0) is 31.1 Å². The molecule has 0 spiro atoms.